The molecule has 0 bridgehead atoms. The number of hydrazone groups is 1. The molecule has 5 rings (SSSR count). The van der Waals surface area contributed by atoms with Gasteiger partial charge in [-0.3, -0.25) is 5.01 Å². The summed E-state index contributed by atoms with van der Waals surface area (Å²) in [7, 11) is 1.70. The van der Waals surface area contributed by atoms with Gasteiger partial charge < -0.3 is 4.74 Å². The number of hydrogen-bond donors (Lipinski definition) is 0. The molecule has 4 aromatic rings. The number of methoxy groups -OCH3 is 1. The molecular weight excluding hydrogens is 380 g/mol. The van der Waals surface area contributed by atoms with Crippen LogP contribution in [-0.4, -0.2) is 12.8 Å². The second-order valence-corrected chi connectivity index (χ2v) is 7.64. The highest BCUT2D eigenvalue weighted by atomic mass is 16.5. The maximum atomic E-state index is 5.40. The van der Waals surface area contributed by atoms with E-state index in [9.17, 15) is 0 Å². The van der Waals surface area contributed by atoms with Gasteiger partial charge in [-0.1, -0.05) is 91.0 Å². The van der Waals surface area contributed by atoms with E-state index in [4.69, 9.17) is 9.84 Å². The third kappa shape index (κ3) is 3.71. The second-order valence-electron chi connectivity index (χ2n) is 7.64. The van der Waals surface area contributed by atoms with E-state index in [1.165, 1.54) is 11.1 Å². The van der Waals surface area contributed by atoms with Gasteiger partial charge in [0.05, 0.1) is 30.5 Å². The van der Waals surface area contributed by atoms with E-state index in [0.717, 1.165) is 22.7 Å². The topological polar surface area (TPSA) is 24.8 Å². The molecule has 152 valence electrons. The minimum absolute atomic E-state index is 0.0333. The molecule has 1 aliphatic rings. The van der Waals surface area contributed by atoms with E-state index >= 15 is 0 Å². The average molecular weight is 405 g/mol. The zero-order valence-corrected chi connectivity index (χ0v) is 17.4. The van der Waals surface area contributed by atoms with E-state index < -0.39 is 0 Å². The summed E-state index contributed by atoms with van der Waals surface area (Å²) in [5.41, 5.74) is 5.76. The van der Waals surface area contributed by atoms with Gasteiger partial charge in [-0.2, -0.15) is 5.10 Å². The van der Waals surface area contributed by atoms with E-state index in [1.807, 2.05) is 24.3 Å². The van der Waals surface area contributed by atoms with Gasteiger partial charge in [-0.25, -0.2) is 0 Å². The summed E-state index contributed by atoms with van der Waals surface area (Å²) in [5.74, 6) is 0.950. The Morgan fingerprint density at radius 2 is 1.23 bits per heavy atom. The van der Waals surface area contributed by atoms with E-state index in [1.54, 1.807) is 7.11 Å². The first-order valence-electron chi connectivity index (χ1n) is 10.5. The monoisotopic (exact) mass is 404 g/mol. The first-order valence-corrected chi connectivity index (χ1v) is 10.5. The van der Waals surface area contributed by atoms with Gasteiger partial charge in [0.15, 0.2) is 0 Å². The molecule has 0 saturated heterocycles. The van der Waals surface area contributed by atoms with Crippen LogP contribution in [0.2, 0.25) is 0 Å². The molecule has 0 aliphatic carbocycles. The summed E-state index contributed by atoms with van der Waals surface area (Å²) in [6, 6.07) is 40.0. The summed E-state index contributed by atoms with van der Waals surface area (Å²) in [6.45, 7) is 0. The number of rotatable bonds is 5. The van der Waals surface area contributed by atoms with Crippen molar-refractivity contribution < 1.29 is 4.74 Å². The quantitative estimate of drug-likeness (QED) is 0.382. The highest BCUT2D eigenvalue weighted by Crippen LogP contribution is 2.46. The molecule has 0 fully saturated rings. The predicted molar refractivity (Wildman–Crippen MR) is 127 cm³/mol. The molecule has 0 saturated carbocycles. The molecule has 0 spiro atoms. The molecule has 3 heteroatoms. The first kappa shape index (κ1) is 19.1. The number of ether oxygens (including phenoxy) is 1. The smallest absolute Gasteiger partial charge is 0.118 e. The summed E-state index contributed by atoms with van der Waals surface area (Å²) in [5, 5.41) is 7.37. The Labute approximate surface area is 183 Å². The average Bonchev–Trinajstić information content (AvgIpc) is 3.26. The van der Waals surface area contributed by atoms with Crippen molar-refractivity contribution in [2.75, 3.05) is 12.1 Å². The van der Waals surface area contributed by atoms with Crippen molar-refractivity contribution in [1.82, 2.24) is 0 Å². The Hall–Kier alpha value is -3.85. The third-order valence-electron chi connectivity index (χ3n) is 5.80. The minimum atomic E-state index is 0.0333. The van der Waals surface area contributed by atoms with Gasteiger partial charge in [0.25, 0.3) is 0 Å². The second kappa shape index (κ2) is 8.49. The van der Waals surface area contributed by atoms with Crippen molar-refractivity contribution in [3.8, 4) is 5.75 Å². The van der Waals surface area contributed by atoms with E-state index in [-0.39, 0.29) is 12.0 Å². The van der Waals surface area contributed by atoms with Crippen molar-refractivity contribution in [3.63, 3.8) is 0 Å². The summed E-state index contributed by atoms with van der Waals surface area (Å²) < 4.78 is 5.40. The van der Waals surface area contributed by atoms with Crippen LogP contribution in [0.5, 0.6) is 5.75 Å². The zero-order valence-electron chi connectivity index (χ0n) is 17.4. The number of anilines is 1. The molecule has 0 aromatic heterocycles. The van der Waals surface area contributed by atoms with Crippen LogP contribution in [0.15, 0.2) is 120 Å². The van der Waals surface area contributed by atoms with Crippen LogP contribution < -0.4 is 9.75 Å². The minimum Gasteiger partial charge on any atom is -0.497 e. The highest BCUT2D eigenvalue weighted by molar-refractivity contribution is 6.08. The molecule has 1 aliphatic heterocycles. The van der Waals surface area contributed by atoms with Crippen molar-refractivity contribution >= 4 is 11.4 Å². The lowest BCUT2D eigenvalue weighted by Gasteiger charge is -2.29. The molecule has 4 aromatic carbocycles. The van der Waals surface area contributed by atoms with Gasteiger partial charge >= 0.3 is 0 Å². The van der Waals surface area contributed by atoms with Crippen LogP contribution in [0.25, 0.3) is 0 Å². The number of nitrogens with zero attached hydrogens (tertiary/aromatic N) is 2. The molecule has 2 atom stereocenters. The Balaban J connectivity index is 1.70. The third-order valence-corrected chi connectivity index (χ3v) is 5.80. The Bertz CT molecular complexity index is 1160. The first-order chi connectivity index (χ1) is 15.3. The van der Waals surface area contributed by atoms with Crippen molar-refractivity contribution in [3.05, 3.63) is 132 Å². The van der Waals surface area contributed by atoms with Crippen LogP contribution in [0.4, 0.5) is 5.69 Å². The highest BCUT2D eigenvalue weighted by Gasteiger charge is 2.40. The van der Waals surface area contributed by atoms with Gasteiger partial charge in [0.2, 0.25) is 0 Å². The maximum absolute atomic E-state index is 5.40. The lowest BCUT2D eigenvalue weighted by Crippen LogP contribution is -2.24. The number of benzene rings is 4. The molecular formula is C28H24N2O. The maximum Gasteiger partial charge on any atom is 0.118 e. The van der Waals surface area contributed by atoms with Crippen LogP contribution in [0, 0.1) is 0 Å². The Kier molecular flexibility index (Phi) is 5.24. The predicted octanol–water partition coefficient (Wildman–Crippen LogP) is 6.44. The Morgan fingerprint density at radius 3 is 1.84 bits per heavy atom. The van der Waals surface area contributed by atoms with Gasteiger partial charge in [-0.05, 0) is 41.0 Å². The summed E-state index contributed by atoms with van der Waals surface area (Å²) in [4.78, 5) is 0. The van der Waals surface area contributed by atoms with Crippen LogP contribution in [0.1, 0.15) is 28.7 Å². The fourth-order valence-electron chi connectivity index (χ4n) is 4.31. The summed E-state index contributed by atoms with van der Waals surface area (Å²) >= 11 is 0. The normalized spacial score (nSPS) is 18.0. The molecule has 0 amide bonds. The fraction of sp³-hybridized carbons (Fsp3) is 0.107. The zero-order chi connectivity index (χ0) is 21.0. The number of hydrogen-bond acceptors (Lipinski definition) is 3. The molecule has 3 nitrogen and oxygen atoms in total. The van der Waals surface area contributed by atoms with Crippen molar-refractivity contribution in [1.29, 1.82) is 0 Å². The van der Waals surface area contributed by atoms with Crippen LogP contribution in [-0.2, 0) is 0 Å². The van der Waals surface area contributed by atoms with E-state index in [2.05, 4.69) is 96.0 Å². The Morgan fingerprint density at radius 1 is 0.645 bits per heavy atom. The van der Waals surface area contributed by atoms with Gasteiger partial charge in [-0.15, -0.1) is 0 Å². The molecule has 1 heterocycles. The van der Waals surface area contributed by atoms with Crippen LogP contribution >= 0.6 is 0 Å². The molecule has 31 heavy (non-hydrogen) atoms. The van der Waals surface area contributed by atoms with Crippen LogP contribution in [0.3, 0.4) is 0 Å². The molecule has 0 N–H and O–H groups in total. The van der Waals surface area contributed by atoms with Crippen molar-refractivity contribution in [2.24, 2.45) is 5.10 Å². The number of para-hydroxylation sites is 1. The van der Waals surface area contributed by atoms with Gasteiger partial charge in [0.1, 0.15) is 5.75 Å². The lowest BCUT2D eigenvalue weighted by atomic mass is 9.82. The molecule has 0 radical (unpaired) electrons. The summed E-state index contributed by atoms with van der Waals surface area (Å²) in [6.07, 6.45) is 0. The largest absolute Gasteiger partial charge is 0.497 e. The standard InChI is InChI=1S/C28H24N2O/c1-31-25-19-17-23(18-20-25)28-26(21-11-5-2-6-12-21)27(22-13-7-3-8-14-22)29-30(28)24-15-9-4-10-16-24/h2-20,26,28H,1H3/t26-,28+/m0/s1. The lowest BCUT2D eigenvalue weighted by molar-refractivity contribution is 0.414. The SMILES string of the molecule is COc1ccc([C@@H]2[C@@H](c3ccccc3)C(c3ccccc3)=NN2c2ccccc2)cc1. The van der Waals surface area contributed by atoms with Crippen molar-refractivity contribution in [2.45, 2.75) is 12.0 Å². The molecule has 0 unspecified atom stereocenters. The fourth-order valence-corrected chi connectivity index (χ4v) is 4.31. The van der Waals surface area contributed by atoms with Gasteiger partial charge in [0, 0.05) is 0 Å². The van der Waals surface area contributed by atoms with E-state index in [0.29, 0.717) is 0 Å².